The highest BCUT2D eigenvalue weighted by Gasteiger charge is 2.35. The van der Waals surface area contributed by atoms with Crippen molar-refractivity contribution >= 4 is 11.6 Å². The van der Waals surface area contributed by atoms with Gasteiger partial charge in [-0.2, -0.15) is 0 Å². The monoisotopic (exact) mass is 248 g/mol. The lowest BCUT2D eigenvalue weighted by Gasteiger charge is -2.20. The van der Waals surface area contributed by atoms with E-state index in [4.69, 9.17) is 10.5 Å². The zero-order chi connectivity index (χ0) is 13.3. The van der Waals surface area contributed by atoms with Gasteiger partial charge in [-0.1, -0.05) is 12.1 Å². The molecule has 98 valence electrons. The first kappa shape index (κ1) is 13.1. The summed E-state index contributed by atoms with van der Waals surface area (Å²) in [5.74, 6) is -0.00481. The van der Waals surface area contributed by atoms with Crippen molar-refractivity contribution in [3.05, 3.63) is 28.8 Å². The van der Waals surface area contributed by atoms with Crippen LogP contribution in [-0.4, -0.2) is 26.2 Å². The van der Waals surface area contributed by atoms with Crippen LogP contribution in [-0.2, 0) is 9.53 Å². The summed E-state index contributed by atoms with van der Waals surface area (Å²) in [6.45, 7) is 5.41. The third-order valence-electron chi connectivity index (χ3n) is 3.60. The van der Waals surface area contributed by atoms with Gasteiger partial charge in [-0.25, -0.2) is 0 Å². The average molecular weight is 248 g/mol. The maximum Gasteiger partial charge on any atom is 0.248 e. The summed E-state index contributed by atoms with van der Waals surface area (Å²) in [5, 5.41) is 0. The summed E-state index contributed by atoms with van der Waals surface area (Å²) in [5.41, 5.74) is 10.3. The maximum absolute atomic E-state index is 12.2. The summed E-state index contributed by atoms with van der Waals surface area (Å²) >= 11 is 0. The van der Waals surface area contributed by atoms with Gasteiger partial charge in [0.2, 0.25) is 5.91 Å². The van der Waals surface area contributed by atoms with Crippen molar-refractivity contribution in [3.8, 4) is 0 Å². The number of rotatable bonds is 4. The van der Waals surface area contributed by atoms with E-state index in [9.17, 15) is 4.79 Å². The highest BCUT2D eigenvalue weighted by Crippen LogP contribution is 2.38. The molecule has 1 aromatic carbocycles. The Morgan fingerprint density at radius 3 is 2.78 bits per heavy atom. The first-order valence-corrected chi connectivity index (χ1v) is 6.24. The van der Waals surface area contributed by atoms with E-state index >= 15 is 0 Å². The lowest BCUT2D eigenvalue weighted by molar-refractivity contribution is -0.119. The molecule has 1 aliphatic heterocycles. The highest BCUT2D eigenvalue weighted by atomic mass is 16.5. The smallest absolute Gasteiger partial charge is 0.248 e. The third-order valence-corrected chi connectivity index (χ3v) is 3.60. The van der Waals surface area contributed by atoms with Gasteiger partial charge in [-0.05, 0) is 31.4 Å². The lowest BCUT2D eigenvalue weighted by atomic mass is 10.0. The standard InChI is InChI=1S/C14H20N2O2/c1-9-5-6-11-12(15)14(17)16(7-4-8-18-3)13(11)10(9)2/h5-6,12H,4,7-8,15H2,1-3H3. The van der Waals surface area contributed by atoms with Crippen LogP contribution in [0.25, 0.3) is 0 Å². The van der Waals surface area contributed by atoms with Gasteiger partial charge in [0.25, 0.3) is 0 Å². The van der Waals surface area contributed by atoms with Crippen LogP contribution in [0.4, 0.5) is 5.69 Å². The number of ether oxygens (including phenoxy) is 1. The number of methoxy groups -OCH3 is 1. The second-order valence-electron chi connectivity index (χ2n) is 4.76. The van der Waals surface area contributed by atoms with Crippen LogP contribution in [0.15, 0.2) is 12.1 Å². The molecule has 1 aliphatic rings. The topological polar surface area (TPSA) is 55.6 Å². The molecule has 4 nitrogen and oxygen atoms in total. The molecule has 4 heteroatoms. The Labute approximate surface area is 108 Å². The molecule has 18 heavy (non-hydrogen) atoms. The van der Waals surface area contributed by atoms with Crippen molar-refractivity contribution in [2.75, 3.05) is 25.2 Å². The third kappa shape index (κ3) is 2.02. The quantitative estimate of drug-likeness (QED) is 0.825. The van der Waals surface area contributed by atoms with Gasteiger partial charge in [0.15, 0.2) is 0 Å². The molecule has 0 saturated carbocycles. The molecule has 1 atom stereocenters. The van der Waals surface area contributed by atoms with E-state index in [-0.39, 0.29) is 5.91 Å². The van der Waals surface area contributed by atoms with Crippen LogP contribution in [0, 0.1) is 13.8 Å². The maximum atomic E-state index is 12.2. The average Bonchev–Trinajstić information content (AvgIpc) is 2.60. The minimum absolute atomic E-state index is 0.00481. The molecule has 1 heterocycles. The predicted octanol–water partition coefficient (Wildman–Crippen LogP) is 1.69. The van der Waals surface area contributed by atoms with Gasteiger partial charge < -0.3 is 15.4 Å². The zero-order valence-corrected chi connectivity index (χ0v) is 11.2. The van der Waals surface area contributed by atoms with E-state index in [1.54, 1.807) is 12.0 Å². The molecule has 2 rings (SSSR count). The molecule has 0 aromatic heterocycles. The number of carbonyl (C=O) groups excluding carboxylic acids is 1. The molecule has 1 aromatic rings. The number of amides is 1. The van der Waals surface area contributed by atoms with E-state index in [0.717, 1.165) is 23.2 Å². The molecule has 1 amide bonds. The molecule has 0 saturated heterocycles. The number of benzene rings is 1. The molecular formula is C14H20N2O2. The van der Waals surface area contributed by atoms with E-state index < -0.39 is 6.04 Å². The molecule has 0 aliphatic carbocycles. The van der Waals surface area contributed by atoms with Gasteiger partial charge in [0.1, 0.15) is 6.04 Å². The Kier molecular flexibility index (Phi) is 3.68. The number of nitrogens with two attached hydrogens (primary N) is 1. The minimum atomic E-state index is -0.512. The van der Waals surface area contributed by atoms with Crippen molar-refractivity contribution in [1.82, 2.24) is 0 Å². The van der Waals surface area contributed by atoms with Crippen LogP contribution >= 0.6 is 0 Å². The summed E-state index contributed by atoms with van der Waals surface area (Å²) in [4.78, 5) is 14.0. The molecule has 0 radical (unpaired) electrons. The van der Waals surface area contributed by atoms with Gasteiger partial charge in [0.05, 0.1) is 5.69 Å². The molecule has 1 unspecified atom stereocenters. The lowest BCUT2D eigenvalue weighted by Crippen LogP contribution is -2.33. The zero-order valence-electron chi connectivity index (χ0n) is 11.2. The number of aryl methyl sites for hydroxylation is 1. The van der Waals surface area contributed by atoms with Crippen molar-refractivity contribution in [2.24, 2.45) is 5.73 Å². The first-order chi connectivity index (χ1) is 8.57. The fourth-order valence-electron chi connectivity index (χ4n) is 2.43. The van der Waals surface area contributed by atoms with Crippen molar-refractivity contribution in [1.29, 1.82) is 0 Å². The summed E-state index contributed by atoms with van der Waals surface area (Å²) in [6.07, 6.45) is 0.821. The van der Waals surface area contributed by atoms with Crippen LogP contribution in [0.1, 0.15) is 29.2 Å². The van der Waals surface area contributed by atoms with Gasteiger partial charge in [-0.15, -0.1) is 0 Å². The van der Waals surface area contributed by atoms with Crippen molar-refractivity contribution in [3.63, 3.8) is 0 Å². The Hall–Kier alpha value is -1.39. The summed E-state index contributed by atoms with van der Waals surface area (Å²) < 4.78 is 5.04. The Morgan fingerprint density at radius 2 is 2.11 bits per heavy atom. The fraction of sp³-hybridized carbons (Fsp3) is 0.500. The van der Waals surface area contributed by atoms with Gasteiger partial charge in [-0.3, -0.25) is 4.79 Å². The van der Waals surface area contributed by atoms with Crippen molar-refractivity contribution < 1.29 is 9.53 Å². The molecular weight excluding hydrogens is 228 g/mol. The van der Waals surface area contributed by atoms with Crippen LogP contribution in [0.2, 0.25) is 0 Å². The van der Waals surface area contributed by atoms with E-state index in [1.165, 1.54) is 5.56 Å². The second-order valence-corrected chi connectivity index (χ2v) is 4.76. The van der Waals surface area contributed by atoms with E-state index in [0.29, 0.717) is 13.2 Å². The minimum Gasteiger partial charge on any atom is -0.385 e. The number of nitrogens with zero attached hydrogens (tertiary/aromatic N) is 1. The number of fused-ring (bicyclic) bond motifs is 1. The van der Waals surface area contributed by atoms with Crippen LogP contribution < -0.4 is 10.6 Å². The summed E-state index contributed by atoms with van der Waals surface area (Å²) in [6, 6.07) is 3.48. The van der Waals surface area contributed by atoms with E-state index in [1.807, 2.05) is 19.1 Å². The first-order valence-electron chi connectivity index (χ1n) is 6.24. The Morgan fingerprint density at radius 1 is 1.39 bits per heavy atom. The number of anilines is 1. The second kappa shape index (κ2) is 5.08. The molecule has 2 N–H and O–H groups in total. The molecule has 0 spiro atoms. The predicted molar refractivity (Wildman–Crippen MR) is 71.7 cm³/mol. The number of hydrogen-bond acceptors (Lipinski definition) is 3. The number of hydrogen-bond donors (Lipinski definition) is 1. The molecule has 0 bridgehead atoms. The summed E-state index contributed by atoms with van der Waals surface area (Å²) in [7, 11) is 1.67. The van der Waals surface area contributed by atoms with Gasteiger partial charge in [0, 0.05) is 25.8 Å². The van der Waals surface area contributed by atoms with Gasteiger partial charge >= 0.3 is 0 Å². The molecule has 0 fully saturated rings. The normalized spacial score (nSPS) is 18.3. The van der Waals surface area contributed by atoms with Crippen LogP contribution in [0.3, 0.4) is 0 Å². The SMILES string of the molecule is COCCCN1C(=O)C(N)c2ccc(C)c(C)c21. The largest absolute Gasteiger partial charge is 0.385 e. The number of carbonyl (C=O) groups is 1. The highest BCUT2D eigenvalue weighted by molar-refractivity contribution is 6.05. The van der Waals surface area contributed by atoms with Crippen LogP contribution in [0.5, 0.6) is 0 Å². The Bertz CT molecular complexity index is 471. The van der Waals surface area contributed by atoms with Crippen molar-refractivity contribution in [2.45, 2.75) is 26.3 Å². The van der Waals surface area contributed by atoms with E-state index in [2.05, 4.69) is 6.92 Å². The Balaban J connectivity index is 2.34. The fourth-order valence-corrected chi connectivity index (χ4v) is 2.43.